The molecule has 4 fully saturated rings. The van der Waals surface area contributed by atoms with Crippen LogP contribution >= 0.6 is 0 Å². The van der Waals surface area contributed by atoms with Crippen molar-refractivity contribution in [1.29, 1.82) is 0 Å². The lowest BCUT2D eigenvalue weighted by Crippen LogP contribution is -2.55. The summed E-state index contributed by atoms with van der Waals surface area (Å²) in [4.78, 5) is 13.0. The molecule has 0 aliphatic heterocycles. The molecule has 0 radical (unpaired) electrons. The molecule has 0 aromatic carbocycles. The summed E-state index contributed by atoms with van der Waals surface area (Å²) in [6.45, 7) is 4.96. The van der Waals surface area contributed by atoms with E-state index in [1.54, 1.807) is 10.9 Å². The first-order valence-electron chi connectivity index (χ1n) is 10.2. The lowest BCUT2D eigenvalue weighted by Gasteiger charge is -2.54. The van der Waals surface area contributed by atoms with E-state index >= 15 is 0 Å². The Kier molecular flexibility index (Phi) is 4.95. The number of rotatable bonds is 7. The van der Waals surface area contributed by atoms with Crippen LogP contribution < -0.4 is 10.1 Å². The SMILES string of the molecule is CC(C)COc1c(C(=O)NC2C3CC4CC(C3)CC2C4)cnn1CCO. The molecule has 4 bridgehead atoms. The van der Waals surface area contributed by atoms with Gasteiger partial charge < -0.3 is 15.2 Å². The summed E-state index contributed by atoms with van der Waals surface area (Å²) in [5.74, 6) is 3.82. The van der Waals surface area contributed by atoms with E-state index in [-0.39, 0.29) is 12.5 Å². The highest BCUT2D eigenvalue weighted by atomic mass is 16.5. The fourth-order valence-electron chi connectivity index (χ4n) is 5.57. The molecular weight excluding hydrogens is 330 g/mol. The Morgan fingerprint density at radius 1 is 1.27 bits per heavy atom. The van der Waals surface area contributed by atoms with Gasteiger partial charge in [-0.25, -0.2) is 4.68 Å². The van der Waals surface area contributed by atoms with Crippen molar-refractivity contribution >= 4 is 5.91 Å². The number of nitrogens with zero attached hydrogens (tertiary/aromatic N) is 2. The highest BCUT2D eigenvalue weighted by Crippen LogP contribution is 2.53. The summed E-state index contributed by atoms with van der Waals surface area (Å²) in [5.41, 5.74) is 0.493. The molecule has 1 heterocycles. The van der Waals surface area contributed by atoms with Gasteiger partial charge in [0.1, 0.15) is 5.56 Å². The second-order valence-electron chi connectivity index (χ2n) is 8.94. The quantitative estimate of drug-likeness (QED) is 0.782. The monoisotopic (exact) mass is 361 g/mol. The third-order valence-electron chi connectivity index (χ3n) is 6.43. The maximum absolute atomic E-state index is 13.0. The first-order chi connectivity index (χ1) is 12.5. The van der Waals surface area contributed by atoms with Crippen molar-refractivity contribution < 1.29 is 14.6 Å². The number of ether oxygens (including phenoxy) is 1. The third kappa shape index (κ3) is 3.36. The number of amides is 1. The molecule has 5 rings (SSSR count). The van der Waals surface area contributed by atoms with E-state index in [1.165, 1.54) is 32.1 Å². The minimum Gasteiger partial charge on any atom is -0.477 e. The molecule has 0 unspecified atom stereocenters. The van der Waals surface area contributed by atoms with Gasteiger partial charge in [-0.2, -0.15) is 5.10 Å². The number of nitrogens with one attached hydrogen (secondary N) is 1. The Labute approximate surface area is 155 Å². The molecule has 1 aromatic heterocycles. The van der Waals surface area contributed by atoms with Crippen molar-refractivity contribution in [3.63, 3.8) is 0 Å². The molecule has 26 heavy (non-hydrogen) atoms. The molecule has 4 saturated carbocycles. The smallest absolute Gasteiger partial charge is 0.258 e. The highest BCUT2D eigenvalue weighted by molar-refractivity contribution is 5.96. The number of aliphatic hydroxyl groups excluding tert-OH is 1. The van der Waals surface area contributed by atoms with Crippen LogP contribution in [0.3, 0.4) is 0 Å². The van der Waals surface area contributed by atoms with E-state index in [2.05, 4.69) is 24.3 Å². The summed E-state index contributed by atoms with van der Waals surface area (Å²) in [7, 11) is 0. The summed E-state index contributed by atoms with van der Waals surface area (Å²) in [6, 6.07) is 0.300. The molecule has 4 aliphatic carbocycles. The van der Waals surface area contributed by atoms with Crippen LogP contribution in [0.15, 0.2) is 6.20 Å². The van der Waals surface area contributed by atoms with Gasteiger partial charge in [0.15, 0.2) is 0 Å². The van der Waals surface area contributed by atoms with Crippen LogP contribution in [0.2, 0.25) is 0 Å². The van der Waals surface area contributed by atoms with Crippen LogP contribution in [0.4, 0.5) is 0 Å². The molecule has 6 heteroatoms. The summed E-state index contributed by atoms with van der Waals surface area (Å²) in [5, 5.41) is 16.8. The second-order valence-corrected chi connectivity index (χ2v) is 8.94. The molecule has 2 N–H and O–H groups in total. The Hall–Kier alpha value is -1.56. The van der Waals surface area contributed by atoms with Crippen molar-refractivity contribution in [1.82, 2.24) is 15.1 Å². The zero-order valence-electron chi connectivity index (χ0n) is 15.9. The Bertz CT molecular complexity index is 627. The molecule has 144 valence electrons. The van der Waals surface area contributed by atoms with Crippen molar-refractivity contribution in [2.45, 2.75) is 58.5 Å². The fraction of sp³-hybridized carbons (Fsp3) is 0.800. The molecule has 4 aliphatic rings. The minimum atomic E-state index is -0.0783. The highest BCUT2D eigenvalue weighted by Gasteiger charge is 2.48. The number of hydrogen-bond acceptors (Lipinski definition) is 4. The zero-order chi connectivity index (χ0) is 18.3. The number of aromatic nitrogens is 2. The van der Waals surface area contributed by atoms with Crippen LogP contribution in [-0.4, -0.2) is 40.0 Å². The van der Waals surface area contributed by atoms with Gasteiger partial charge in [0.2, 0.25) is 5.88 Å². The molecule has 0 saturated heterocycles. The molecule has 6 nitrogen and oxygen atoms in total. The van der Waals surface area contributed by atoms with Crippen LogP contribution in [0.25, 0.3) is 0 Å². The molecule has 0 atom stereocenters. The van der Waals surface area contributed by atoms with Gasteiger partial charge in [0, 0.05) is 6.04 Å². The number of carbonyl (C=O) groups is 1. The second kappa shape index (κ2) is 7.22. The van der Waals surface area contributed by atoms with Crippen LogP contribution in [0.5, 0.6) is 5.88 Å². The van der Waals surface area contributed by atoms with E-state index in [9.17, 15) is 9.90 Å². The summed E-state index contributed by atoms with van der Waals surface area (Å²) >= 11 is 0. The average Bonchev–Trinajstić information content (AvgIpc) is 2.98. The number of hydrogen-bond donors (Lipinski definition) is 2. The Morgan fingerprint density at radius 2 is 1.92 bits per heavy atom. The maximum Gasteiger partial charge on any atom is 0.258 e. The van der Waals surface area contributed by atoms with Crippen molar-refractivity contribution in [3.05, 3.63) is 11.8 Å². The van der Waals surface area contributed by atoms with E-state index in [4.69, 9.17) is 4.74 Å². The van der Waals surface area contributed by atoms with Gasteiger partial charge in [0.25, 0.3) is 5.91 Å². The standard InChI is InChI=1S/C20H31N3O3/c1-12(2)11-26-20-17(10-21-23(20)3-4-24)19(25)22-18-15-6-13-5-14(8-15)9-16(18)7-13/h10,12-16,18,24H,3-9,11H2,1-2H3,(H,22,25). The third-order valence-corrected chi connectivity index (χ3v) is 6.43. The fourth-order valence-corrected chi connectivity index (χ4v) is 5.57. The van der Waals surface area contributed by atoms with Gasteiger partial charge in [0.05, 0.1) is 26.0 Å². The maximum atomic E-state index is 13.0. The largest absolute Gasteiger partial charge is 0.477 e. The molecule has 1 aromatic rings. The van der Waals surface area contributed by atoms with E-state index < -0.39 is 0 Å². The number of aliphatic hydroxyl groups is 1. The van der Waals surface area contributed by atoms with Crippen LogP contribution in [0, 0.1) is 29.6 Å². The predicted molar refractivity (Wildman–Crippen MR) is 97.9 cm³/mol. The topological polar surface area (TPSA) is 76.4 Å². The van der Waals surface area contributed by atoms with Gasteiger partial charge in [-0.1, -0.05) is 13.8 Å². The van der Waals surface area contributed by atoms with E-state index in [0.717, 1.165) is 11.8 Å². The van der Waals surface area contributed by atoms with Gasteiger partial charge in [-0.15, -0.1) is 0 Å². The van der Waals surface area contributed by atoms with Crippen molar-refractivity contribution in [2.24, 2.45) is 29.6 Å². The van der Waals surface area contributed by atoms with Crippen molar-refractivity contribution in [2.75, 3.05) is 13.2 Å². The van der Waals surface area contributed by atoms with Crippen LogP contribution in [0.1, 0.15) is 56.3 Å². The lowest BCUT2D eigenvalue weighted by atomic mass is 9.54. The molecule has 0 spiro atoms. The molecular formula is C20H31N3O3. The first kappa shape index (κ1) is 17.8. The Morgan fingerprint density at radius 3 is 2.50 bits per heavy atom. The van der Waals surface area contributed by atoms with E-state index in [1.807, 2.05) is 0 Å². The van der Waals surface area contributed by atoms with Crippen LogP contribution in [-0.2, 0) is 6.54 Å². The van der Waals surface area contributed by atoms with Gasteiger partial charge in [-0.3, -0.25) is 4.79 Å². The van der Waals surface area contributed by atoms with Gasteiger partial charge >= 0.3 is 0 Å². The lowest BCUT2D eigenvalue weighted by molar-refractivity contribution is -0.0120. The van der Waals surface area contributed by atoms with Crippen molar-refractivity contribution in [3.8, 4) is 5.88 Å². The van der Waals surface area contributed by atoms with E-state index in [0.29, 0.717) is 48.4 Å². The van der Waals surface area contributed by atoms with Gasteiger partial charge in [-0.05, 0) is 61.7 Å². The number of carbonyl (C=O) groups excluding carboxylic acids is 1. The minimum absolute atomic E-state index is 0.0314. The zero-order valence-corrected chi connectivity index (χ0v) is 15.9. The summed E-state index contributed by atoms with van der Waals surface area (Å²) < 4.78 is 7.47. The Balaban J connectivity index is 1.49. The molecule has 1 amide bonds. The summed E-state index contributed by atoms with van der Waals surface area (Å²) in [6.07, 6.45) is 8.10. The normalized spacial score (nSPS) is 32.2. The average molecular weight is 361 g/mol. The first-order valence-corrected chi connectivity index (χ1v) is 10.2. The predicted octanol–water partition coefficient (Wildman–Crippen LogP) is 2.46.